The molecule has 0 radical (unpaired) electrons. The Labute approximate surface area is 251 Å². The third-order valence-electron chi connectivity index (χ3n) is 7.64. The number of likely N-dealkylation sites (N-methyl/N-ethyl adjacent to an activating group) is 1. The van der Waals surface area contributed by atoms with Crippen LogP contribution >= 0.6 is 0 Å². The Bertz CT molecular complexity index is 1890. The molecule has 0 saturated carbocycles. The van der Waals surface area contributed by atoms with E-state index in [9.17, 15) is 13.2 Å². The van der Waals surface area contributed by atoms with Gasteiger partial charge in [-0.1, -0.05) is 47.1 Å². The van der Waals surface area contributed by atoms with Crippen molar-refractivity contribution in [1.82, 2.24) is 15.0 Å². The number of hydrogen-bond acceptors (Lipinski definition) is 7. The molecule has 0 aliphatic carbocycles. The summed E-state index contributed by atoms with van der Waals surface area (Å²) < 4.78 is 40.6. The number of hydrogen-bond donors (Lipinski definition) is 1. The van der Waals surface area contributed by atoms with Gasteiger partial charge in [0.1, 0.15) is 6.26 Å². The third-order valence-corrected chi connectivity index (χ3v) is 9.03. The molecule has 0 aliphatic rings. The molecule has 0 fully saturated rings. The average Bonchev–Trinajstić information content (AvgIpc) is 3.61. The van der Waals surface area contributed by atoms with Crippen LogP contribution in [0.5, 0.6) is 0 Å². The van der Waals surface area contributed by atoms with E-state index in [2.05, 4.69) is 27.0 Å². The van der Waals surface area contributed by atoms with Crippen molar-refractivity contribution in [3.05, 3.63) is 106 Å². The molecule has 43 heavy (non-hydrogen) atoms. The van der Waals surface area contributed by atoms with E-state index in [1.54, 1.807) is 56.3 Å². The van der Waals surface area contributed by atoms with Crippen molar-refractivity contribution in [3.8, 4) is 22.6 Å². The number of amides is 1. The summed E-state index contributed by atoms with van der Waals surface area (Å²) in [4.78, 5) is 19.5. The molecule has 9 nitrogen and oxygen atoms in total. The maximum absolute atomic E-state index is 13.7. The Hall–Kier alpha value is -4.70. The number of anilines is 1. The first-order valence-electron chi connectivity index (χ1n) is 13.8. The molecule has 5 aromatic rings. The lowest BCUT2D eigenvalue weighted by Crippen LogP contribution is -2.28. The Kier molecular flexibility index (Phi) is 8.23. The topological polar surface area (TPSA) is 119 Å². The standard InChI is InChI=1S/C33H34N4O5S/c1-20-15-21(2)29(22(3)16-20)18-31(38)37(6)19-26-17-25(33-34-13-14-41-33)11-12-27(26)28-9-7-8-10-30(28)43(39,40)36-32-23(4)24(5)35-42-32/h7-17,36H,18-19H2,1-6H3. The molecule has 0 bridgehead atoms. The normalized spacial score (nSPS) is 11.5. The molecule has 2 heterocycles. The first kappa shape index (κ1) is 29.8. The van der Waals surface area contributed by atoms with E-state index in [1.165, 1.54) is 6.26 Å². The van der Waals surface area contributed by atoms with Crippen LogP contribution in [0.2, 0.25) is 0 Å². The smallest absolute Gasteiger partial charge is 0.264 e. The Morgan fingerprint density at radius 1 is 0.953 bits per heavy atom. The van der Waals surface area contributed by atoms with Gasteiger partial charge in [-0.2, -0.15) is 0 Å². The fourth-order valence-electron chi connectivity index (χ4n) is 5.22. The number of aryl methyl sites for hydroxylation is 4. The number of benzene rings is 3. The van der Waals surface area contributed by atoms with Crippen LogP contribution in [0.4, 0.5) is 5.88 Å². The molecular formula is C33H34N4O5S. The zero-order chi connectivity index (χ0) is 30.9. The molecule has 1 amide bonds. The van der Waals surface area contributed by atoms with Gasteiger partial charge in [-0.3, -0.25) is 4.79 Å². The van der Waals surface area contributed by atoms with E-state index < -0.39 is 10.0 Å². The van der Waals surface area contributed by atoms with Crippen molar-refractivity contribution >= 4 is 21.8 Å². The second kappa shape index (κ2) is 11.9. The zero-order valence-corrected chi connectivity index (χ0v) is 25.9. The van der Waals surface area contributed by atoms with Crippen LogP contribution < -0.4 is 4.72 Å². The van der Waals surface area contributed by atoms with Gasteiger partial charge in [0.15, 0.2) is 0 Å². The molecule has 222 valence electrons. The highest BCUT2D eigenvalue weighted by Crippen LogP contribution is 2.35. The molecule has 2 aromatic heterocycles. The van der Waals surface area contributed by atoms with Crippen LogP contribution in [0.15, 0.2) is 80.9 Å². The molecular weight excluding hydrogens is 564 g/mol. The highest BCUT2D eigenvalue weighted by Gasteiger charge is 2.25. The number of nitrogens with one attached hydrogen (secondary N) is 1. The number of aromatic nitrogens is 2. The number of sulfonamides is 1. The van der Waals surface area contributed by atoms with E-state index in [0.29, 0.717) is 33.8 Å². The quantitative estimate of drug-likeness (QED) is 0.205. The van der Waals surface area contributed by atoms with Crippen molar-refractivity contribution in [2.45, 2.75) is 52.5 Å². The summed E-state index contributed by atoms with van der Waals surface area (Å²) in [5.74, 6) is 0.437. The van der Waals surface area contributed by atoms with Gasteiger partial charge in [0, 0.05) is 30.3 Å². The van der Waals surface area contributed by atoms with Gasteiger partial charge in [-0.25, -0.2) is 18.1 Å². The average molecular weight is 599 g/mol. The fraction of sp³-hybridized carbons (Fsp3) is 0.242. The van der Waals surface area contributed by atoms with Gasteiger partial charge in [0.2, 0.25) is 17.7 Å². The molecule has 3 aromatic carbocycles. The van der Waals surface area contributed by atoms with Crippen LogP contribution in [-0.2, 0) is 27.8 Å². The predicted molar refractivity (Wildman–Crippen MR) is 165 cm³/mol. The predicted octanol–water partition coefficient (Wildman–Crippen LogP) is 6.54. The SMILES string of the molecule is Cc1cc(C)c(CC(=O)N(C)Cc2cc(-c3ncco3)ccc2-c2ccccc2S(=O)(=O)Nc2onc(C)c2C)c(C)c1. The van der Waals surface area contributed by atoms with Gasteiger partial charge in [-0.15, -0.1) is 0 Å². The van der Waals surface area contributed by atoms with Crippen molar-refractivity contribution in [3.63, 3.8) is 0 Å². The van der Waals surface area contributed by atoms with Gasteiger partial charge >= 0.3 is 0 Å². The molecule has 0 saturated heterocycles. The summed E-state index contributed by atoms with van der Waals surface area (Å²) in [5.41, 5.74) is 8.10. The van der Waals surface area contributed by atoms with Crippen molar-refractivity contribution in [1.29, 1.82) is 0 Å². The number of rotatable bonds is 9. The van der Waals surface area contributed by atoms with Crippen molar-refractivity contribution in [2.24, 2.45) is 0 Å². The first-order chi connectivity index (χ1) is 20.4. The molecule has 0 aliphatic heterocycles. The number of nitrogens with zero attached hydrogens (tertiary/aromatic N) is 3. The van der Waals surface area contributed by atoms with Crippen LogP contribution in [0.25, 0.3) is 22.6 Å². The molecule has 0 spiro atoms. The van der Waals surface area contributed by atoms with Crippen molar-refractivity contribution in [2.75, 3.05) is 11.8 Å². The minimum Gasteiger partial charge on any atom is -0.445 e. The van der Waals surface area contributed by atoms with Gasteiger partial charge < -0.3 is 13.8 Å². The second-order valence-electron chi connectivity index (χ2n) is 10.8. The third kappa shape index (κ3) is 6.24. The molecule has 1 N–H and O–H groups in total. The number of oxazole rings is 1. The molecule has 10 heteroatoms. The largest absolute Gasteiger partial charge is 0.445 e. The lowest BCUT2D eigenvalue weighted by atomic mass is 9.95. The molecule has 0 unspecified atom stereocenters. The van der Waals surface area contributed by atoms with Crippen LogP contribution in [0.3, 0.4) is 0 Å². The maximum Gasteiger partial charge on any atom is 0.264 e. The monoisotopic (exact) mass is 598 g/mol. The summed E-state index contributed by atoms with van der Waals surface area (Å²) in [7, 11) is -2.31. The van der Waals surface area contributed by atoms with E-state index in [-0.39, 0.29) is 29.7 Å². The van der Waals surface area contributed by atoms with E-state index in [4.69, 9.17) is 8.94 Å². The highest BCUT2D eigenvalue weighted by atomic mass is 32.2. The van der Waals surface area contributed by atoms with Crippen LogP contribution in [0.1, 0.15) is 39.1 Å². The summed E-state index contributed by atoms with van der Waals surface area (Å²) in [5, 5.41) is 3.86. The Morgan fingerprint density at radius 3 is 2.33 bits per heavy atom. The van der Waals surface area contributed by atoms with Gasteiger partial charge in [0.05, 0.1) is 23.2 Å². The summed E-state index contributed by atoms with van der Waals surface area (Å²) in [6.45, 7) is 9.80. The van der Waals surface area contributed by atoms with Gasteiger partial charge in [0.25, 0.3) is 10.0 Å². The summed E-state index contributed by atoms with van der Waals surface area (Å²) >= 11 is 0. The second-order valence-corrected chi connectivity index (χ2v) is 12.5. The van der Waals surface area contributed by atoms with E-state index in [0.717, 1.165) is 27.8 Å². The number of carbonyl (C=O) groups excluding carboxylic acids is 1. The number of carbonyl (C=O) groups is 1. The van der Waals surface area contributed by atoms with E-state index >= 15 is 0 Å². The van der Waals surface area contributed by atoms with Crippen molar-refractivity contribution < 1.29 is 22.2 Å². The molecule has 0 atom stereocenters. The highest BCUT2D eigenvalue weighted by molar-refractivity contribution is 7.92. The minimum atomic E-state index is -4.07. The summed E-state index contributed by atoms with van der Waals surface area (Å²) in [6, 6.07) is 16.4. The minimum absolute atomic E-state index is 0.0544. The Balaban J connectivity index is 1.53. The molecule has 5 rings (SSSR count). The van der Waals surface area contributed by atoms with Gasteiger partial charge in [-0.05, 0) is 80.6 Å². The maximum atomic E-state index is 13.7. The lowest BCUT2D eigenvalue weighted by molar-refractivity contribution is -0.129. The van der Waals surface area contributed by atoms with Crippen LogP contribution in [-0.4, -0.2) is 36.4 Å². The van der Waals surface area contributed by atoms with Crippen LogP contribution in [0, 0.1) is 34.6 Å². The first-order valence-corrected chi connectivity index (χ1v) is 15.3. The zero-order valence-electron chi connectivity index (χ0n) is 25.1. The Morgan fingerprint density at radius 2 is 1.67 bits per heavy atom. The fourth-order valence-corrected chi connectivity index (χ4v) is 6.49. The summed E-state index contributed by atoms with van der Waals surface area (Å²) in [6.07, 6.45) is 3.31. The van der Waals surface area contributed by atoms with E-state index in [1.807, 2.05) is 39.0 Å². The lowest BCUT2D eigenvalue weighted by Gasteiger charge is -2.22.